The highest BCUT2D eigenvalue weighted by atomic mass is 32.1. The van der Waals surface area contributed by atoms with Crippen LogP contribution in [0.3, 0.4) is 0 Å². The minimum atomic E-state index is -0.0463. The Kier molecular flexibility index (Phi) is 4.13. The van der Waals surface area contributed by atoms with Crippen LogP contribution in [-0.4, -0.2) is 27.8 Å². The lowest BCUT2D eigenvalue weighted by atomic mass is 9.86. The molecule has 4 aromatic rings. The van der Waals surface area contributed by atoms with Crippen LogP contribution < -0.4 is 10.1 Å². The molecule has 1 atom stereocenters. The molecule has 0 saturated heterocycles. The summed E-state index contributed by atoms with van der Waals surface area (Å²) in [7, 11) is 1.65. The minimum Gasteiger partial charge on any atom is -0.497 e. The van der Waals surface area contributed by atoms with Gasteiger partial charge in [-0.15, -0.1) is 0 Å². The molecule has 2 aromatic heterocycles. The molecule has 7 heteroatoms. The summed E-state index contributed by atoms with van der Waals surface area (Å²) in [6, 6.07) is 14.1. The van der Waals surface area contributed by atoms with Gasteiger partial charge in [-0.3, -0.25) is 4.79 Å². The van der Waals surface area contributed by atoms with Crippen molar-refractivity contribution < 1.29 is 9.53 Å². The van der Waals surface area contributed by atoms with Crippen molar-refractivity contribution in [2.45, 2.75) is 26.2 Å². The second-order valence-corrected chi connectivity index (χ2v) is 8.31. The predicted octanol–water partition coefficient (Wildman–Crippen LogP) is 4.58. The molecule has 146 valence electrons. The van der Waals surface area contributed by atoms with Gasteiger partial charge in [0.25, 0.3) is 0 Å². The monoisotopic (exact) mass is 404 g/mol. The molecule has 0 bridgehead atoms. The molecule has 0 radical (unpaired) electrons. The van der Waals surface area contributed by atoms with Crippen LogP contribution in [0.25, 0.3) is 15.3 Å². The van der Waals surface area contributed by atoms with Gasteiger partial charge in [-0.1, -0.05) is 29.5 Å². The number of methoxy groups -OCH3 is 1. The third-order valence-electron chi connectivity index (χ3n) is 5.33. The van der Waals surface area contributed by atoms with Crippen molar-refractivity contribution in [1.29, 1.82) is 0 Å². The van der Waals surface area contributed by atoms with E-state index >= 15 is 0 Å². The fraction of sp³-hybridized carbons (Fsp3) is 0.227. The molecule has 0 unspecified atom stereocenters. The van der Waals surface area contributed by atoms with Gasteiger partial charge in [-0.05, 0) is 49.2 Å². The number of thiazole rings is 1. The van der Waals surface area contributed by atoms with Crippen LogP contribution in [0.5, 0.6) is 5.75 Å². The van der Waals surface area contributed by atoms with E-state index in [1.165, 1.54) is 5.56 Å². The van der Waals surface area contributed by atoms with Gasteiger partial charge in [0.15, 0.2) is 0 Å². The van der Waals surface area contributed by atoms with E-state index < -0.39 is 0 Å². The largest absolute Gasteiger partial charge is 0.497 e. The highest BCUT2D eigenvalue weighted by molar-refractivity contribution is 7.20. The Balaban J connectivity index is 1.64. The lowest BCUT2D eigenvalue weighted by molar-refractivity contribution is -0.116. The van der Waals surface area contributed by atoms with Crippen molar-refractivity contribution >= 4 is 33.3 Å². The number of nitrogens with one attached hydrogen (secondary N) is 1. The van der Waals surface area contributed by atoms with E-state index in [0.29, 0.717) is 6.42 Å². The first-order valence-electron chi connectivity index (χ1n) is 9.44. The van der Waals surface area contributed by atoms with Crippen LogP contribution in [-0.2, 0) is 4.79 Å². The molecule has 0 aliphatic carbocycles. The Morgan fingerprint density at radius 1 is 1.17 bits per heavy atom. The van der Waals surface area contributed by atoms with E-state index in [1.54, 1.807) is 23.1 Å². The van der Waals surface area contributed by atoms with Gasteiger partial charge in [0.2, 0.25) is 11.0 Å². The molecule has 1 N–H and O–H groups in total. The molecule has 0 spiro atoms. The molecular formula is C22H20N4O2S. The first kappa shape index (κ1) is 17.9. The number of rotatable bonds is 3. The van der Waals surface area contributed by atoms with Gasteiger partial charge in [0, 0.05) is 17.9 Å². The zero-order valence-electron chi connectivity index (χ0n) is 16.4. The zero-order valence-corrected chi connectivity index (χ0v) is 17.2. The minimum absolute atomic E-state index is 0.0172. The average Bonchev–Trinajstić information content (AvgIpc) is 3.28. The first-order valence-corrected chi connectivity index (χ1v) is 10.3. The summed E-state index contributed by atoms with van der Waals surface area (Å²) in [4.78, 5) is 17.3. The summed E-state index contributed by atoms with van der Waals surface area (Å²) in [5, 5.41) is 8.53. The molecule has 1 amide bonds. The van der Waals surface area contributed by atoms with Crippen molar-refractivity contribution in [3.05, 3.63) is 64.8 Å². The number of nitrogens with zero attached hydrogens (tertiary/aromatic N) is 3. The van der Waals surface area contributed by atoms with Crippen molar-refractivity contribution in [3.8, 4) is 10.9 Å². The van der Waals surface area contributed by atoms with Crippen LogP contribution in [0.2, 0.25) is 0 Å². The topological polar surface area (TPSA) is 69.0 Å². The summed E-state index contributed by atoms with van der Waals surface area (Å²) in [6.45, 7) is 4.05. The highest BCUT2D eigenvalue weighted by Gasteiger charge is 2.33. The predicted molar refractivity (Wildman–Crippen MR) is 114 cm³/mol. The fourth-order valence-corrected chi connectivity index (χ4v) is 4.94. The van der Waals surface area contributed by atoms with Crippen LogP contribution >= 0.6 is 11.3 Å². The van der Waals surface area contributed by atoms with E-state index in [9.17, 15) is 4.79 Å². The number of aromatic nitrogens is 3. The van der Waals surface area contributed by atoms with Gasteiger partial charge in [-0.2, -0.15) is 9.78 Å². The molecule has 1 aliphatic rings. The first-order chi connectivity index (χ1) is 14.0. The second-order valence-electron chi connectivity index (χ2n) is 7.31. The molecule has 0 fully saturated rings. The lowest BCUT2D eigenvalue weighted by Crippen LogP contribution is -2.24. The summed E-state index contributed by atoms with van der Waals surface area (Å²) in [5.41, 5.74) is 5.15. The Labute approximate surface area is 172 Å². The third kappa shape index (κ3) is 2.98. The van der Waals surface area contributed by atoms with Gasteiger partial charge in [-0.25, -0.2) is 4.98 Å². The number of anilines is 1. The Bertz CT molecular complexity index is 1240. The van der Waals surface area contributed by atoms with Crippen molar-refractivity contribution in [1.82, 2.24) is 14.8 Å². The Morgan fingerprint density at radius 2 is 1.97 bits per heavy atom. The number of hydrogen-bond donors (Lipinski definition) is 1. The summed E-state index contributed by atoms with van der Waals surface area (Å²) >= 11 is 1.58. The molecule has 2 aromatic carbocycles. The van der Waals surface area contributed by atoms with E-state index in [2.05, 4.69) is 24.4 Å². The molecule has 3 heterocycles. The van der Waals surface area contributed by atoms with Crippen molar-refractivity contribution in [2.75, 3.05) is 12.4 Å². The number of aryl methyl sites for hydroxylation is 2. The number of carbonyl (C=O) groups excluding carboxylic acids is 1. The van der Waals surface area contributed by atoms with Crippen LogP contribution in [0.15, 0.2) is 42.5 Å². The molecule has 6 nitrogen and oxygen atoms in total. The number of fused-ring (bicyclic) bond motifs is 2. The van der Waals surface area contributed by atoms with Crippen LogP contribution in [0.1, 0.15) is 34.7 Å². The molecule has 1 aliphatic heterocycles. The van der Waals surface area contributed by atoms with Crippen molar-refractivity contribution in [3.63, 3.8) is 0 Å². The quantitative estimate of drug-likeness (QED) is 0.543. The number of amides is 1. The smallest absolute Gasteiger partial charge is 0.226 e. The maximum Gasteiger partial charge on any atom is 0.226 e. The maximum absolute atomic E-state index is 12.5. The normalized spacial score (nSPS) is 16.0. The van der Waals surface area contributed by atoms with Gasteiger partial charge in [0.05, 0.1) is 23.0 Å². The summed E-state index contributed by atoms with van der Waals surface area (Å²) < 4.78 is 8.15. The average molecular weight is 404 g/mol. The van der Waals surface area contributed by atoms with E-state index in [0.717, 1.165) is 43.7 Å². The number of ether oxygens (including phenoxy) is 1. The molecule has 29 heavy (non-hydrogen) atoms. The summed E-state index contributed by atoms with van der Waals surface area (Å²) in [6.07, 6.45) is 0.394. The van der Waals surface area contributed by atoms with Crippen LogP contribution in [0.4, 0.5) is 5.82 Å². The van der Waals surface area contributed by atoms with Crippen molar-refractivity contribution in [2.24, 2.45) is 0 Å². The van der Waals surface area contributed by atoms with E-state index in [4.69, 9.17) is 14.8 Å². The molecule has 0 saturated carbocycles. The van der Waals surface area contributed by atoms with Gasteiger partial charge in [0.1, 0.15) is 11.6 Å². The Hall–Kier alpha value is -3.19. The number of benzene rings is 2. The maximum atomic E-state index is 12.5. The van der Waals surface area contributed by atoms with Crippen LogP contribution in [0, 0.1) is 13.8 Å². The van der Waals surface area contributed by atoms with E-state index in [1.807, 2.05) is 37.3 Å². The number of carbonyl (C=O) groups is 1. The molecular weight excluding hydrogens is 384 g/mol. The third-order valence-corrected chi connectivity index (χ3v) is 6.33. The SMILES string of the molecule is COc1ccc([C@H]2CC(=O)Nc3c2c(C)nn3-c2nc3ccc(C)cc3s2)cc1. The lowest BCUT2D eigenvalue weighted by Gasteiger charge is -2.24. The Morgan fingerprint density at radius 3 is 2.72 bits per heavy atom. The molecule has 5 rings (SSSR count). The van der Waals surface area contributed by atoms with Gasteiger partial charge < -0.3 is 10.1 Å². The van der Waals surface area contributed by atoms with E-state index in [-0.39, 0.29) is 11.8 Å². The highest BCUT2D eigenvalue weighted by Crippen LogP contribution is 2.41. The van der Waals surface area contributed by atoms with Gasteiger partial charge >= 0.3 is 0 Å². The zero-order chi connectivity index (χ0) is 20.1. The second kappa shape index (κ2) is 6.70. The summed E-state index contributed by atoms with van der Waals surface area (Å²) in [5.74, 6) is 1.45. The fourth-order valence-electron chi connectivity index (χ4n) is 3.92. The standard InChI is InChI=1S/C22H20N4O2S/c1-12-4-9-17-18(10-12)29-22(23-17)26-21-20(13(2)25-26)16(11-19(27)24-21)14-5-7-15(28-3)8-6-14/h4-10,16H,11H2,1-3H3,(H,24,27)/t16-/m1/s1. The number of hydrogen-bond acceptors (Lipinski definition) is 5.